The molecule has 2 aromatic carbocycles. The molecule has 1 N–H and O–H groups in total. The van der Waals surface area contributed by atoms with Gasteiger partial charge in [0.15, 0.2) is 0 Å². The van der Waals surface area contributed by atoms with E-state index >= 15 is 0 Å². The van der Waals surface area contributed by atoms with Gasteiger partial charge in [0.25, 0.3) is 0 Å². The Morgan fingerprint density at radius 3 is 1.38 bits per heavy atom. The molecule has 0 aromatic heterocycles. The fraction of sp³-hybridized carbons (Fsp3) is 0.583. The van der Waals surface area contributed by atoms with Crippen molar-refractivity contribution >= 4 is 17.3 Å². The van der Waals surface area contributed by atoms with Crippen LogP contribution in [-0.2, 0) is 58.3 Å². The molecule has 0 saturated heterocycles. The van der Waals surface area contributed by atoms with E-state index in [-0.39, 0.29) is 24.5 Å². The van der Waals surface area contributed by atoms with Gasteiger partial charge in [-0.3, -0.25) is 0 Å². The molecule has 0 saturated carbocycles. The Kier molecular flexibility index (Phi) is 26.0. The van der Waals surface area contributed by atoms with Gasteiger partial charge in [-0.2, -0.15) is 13.2 Å². The molecule has 294 valence electrons. The lowest BCUT2D eigenvalue weighted by atomic mass is 10.1. The normalized spacial score (nSPS) is 11.4. The van der Waals surface area contributed by atoms with Crippen molar-refractivity contribution in [2.75, 3.05) is 137 Å². The molecule has 16 heteroatoms. The minimum atomic E-state index is -4.48. The molecule has 2 rings (SSSR count). The summed E-state index contributed by atoms with van der Waals surface area (Å²) >= 11 is 0. The Bertz CT molecular complexity index is 1190. The molecule has 0 aliphatic rings. The Morgan fingerprint density at radius 2 is 0.962 bits per heavy atom. The van der Waals surface area contributed by atoms with Crippen LogP contribution in [0.5, 0.6) is 0 Å². The Morgan fingerprint density at radius 1 is 0.558 bits per heavy atom. The maximum absolute atomic E-state index is 13.0. The Balaban J connectivity index is 1.31. The molecule has 0 aliphatic heterocycles. The molecule has 0 bridgehead atoms. The highest BCUT2D eigenvalue weighted by Gasteiger charge is 2.30. The van der Waals surface area contributed by atoms with Crippen molar-refractivity contribution in [3.63, 3.8) is 0 Å². The summed E-state index contributed by atoms with van der Waals surface area (Å²) in [5.41, 5.74) is -0.0934. The number of carbonyl (C=O) groups excluding carboxylic acids is 1. The van der Waals surface area contributed by atoms with Crippen molar-refractivity contribution in [2.24, 2.45) is 0 Å². The summed E-state index contributed by atoms with van der Waals surface area (Å²) in [5, 5.41) is 2.86. The predicted octanol–water partition coefficient (Wildman–Crippen LogP) is 4.92. The monoisotopic (exact) mass is 747 g/mol. The highest BCUT2D eigenvalue weighted by molar-refractivity contribution is 5.96. The summed E-state index contributed by atoms with van der Waals surface area (Å²) in [7, 11) is 0. The van der Waals surface area contributed by atoms with Gasteiger partial charge in [-0.25, -0.2) is 4.79 Å². The largest absolute Gasteiger partial charge is 0.499 e. The predicted molar refractivity (Wildman–Crippen MR) is 185 cm³/mol. The Labute approximate surface area is 303 Å². The topological polar surface area (TPSA) is 131 Å². The first-order valence-electron chi connectivity index (χ1n) is 17.0. The fourth-order valence-corrected chi connectivity index (χ4v) is 4.02. The minimum absolute atomic E-state index is 0.00240. The van der Waals surface area contributed by atoms with Gasteiger partial charge in [0, 0.05) is 5.69 Å². The lowest BCUT2D eigenvalue weighted by molar-refractivity contribution is -0.137. The number of hydrogen-bond donors (Lipinski definition) is 1. The van der Waals surface area contributed by atoms with E-state index in [1.54, 1.807) is 18.2 Å². The van der Waals surface area contributed by atoms with E-state index < -0.39 is 17.7 Å². The molecule has 0 atom stereocenters. The van der Waals surface area contributed by atoms with Crippen molar-refractivity contribution in [1.29, 1.82) is 0 Å². The number of anilines is 2. The number of carbonyl (C=O) groups is 1. The van der Waals surface area contributed by atoms with Crippen LogP contribution in [0, 0.1) is 0 Å². The third kappa shape index (κ3) is 23.3. The molecule has 0 aliphatic carbocycles. The van der Waals surface area contributed by atoms with Crippen LogP contribution in [0.4, 0.5) is 24.5 Å². The number of rotatable bonds is 34. The summed E-state index contributed by atoms with van der Waals surface area (Å²) < 4.78 is 98.2. The van der Waals surface area contributed by atoms with Gasteiger partial charge in [-0.15, -0.1) is 0 Å². The zero-order valence-electron chi connectivity index (χ0n) is 29.6. The smallest absolute Gasteiger partial charge is 0.416 e. The second-order valence-electron chi connectivity index (χ2n) is 10.4. The van der Waals surface area contributed by atoms with Gasteiger partial charge in [0.05, 0.1) is 142 Å². The van der Waals surface area contributed by atoms with E-state index in [0.29, 0.717) is 125 Å². The van der Waals surface area contributed by atoms with E-state index in [9.17, 15) is 18.0 Å². The van der Waals surface area contributed by atoms with Crippen molar-refractivity contribution in [3.05, 3.63) is 72.5 Å². The number of benzene rings is 2. The van der Waals surface area contributed by atoms with Crippen LogP contribution in [-0.4, -0.2) is 138 Å². The second kappa shape index (κ2) is 30.2. The number of ether oxygens (including phenoxy) is 11. The molecule has 0 spiro atoms. The number of para-hydroxylation sites is 1. The molecule has 52 heavy (non-hydrogen) atoms. The summed E-state index contributed by atoms with van der Waals surface area (Å²) in [4.78, 5) is 12.6. The minimum Gasteiger partial charge on any atom is -0.499 e. The first kappa shape index (κ1) is 44.8. The molecule has 2 aromatic rings. The van der Waals surface area contributed by atoms with Crippen LogP contribution in [0.2, 0.25) is 0 Å². The van der Waals surface area contributed by atoms with Gasteiger partial charge in [0.1, 0.15) is 13.2 Å². The lowest BCUT2D eigenvalue weighted by Gasteiger charge is -2.13. The van der Waals surface area contributed by atoms with Crippen molar-refractivity contribution in [3.8, 4) is 0 Å². The van der Waals surface area contributed by atoms with Crippen LogP contribution in [0.3, 0.4) is 0 Å². The average molecular weight is 748 g/mol. The van der Waals surface area contributed by atoms with Gasteiger partial charge in [0.2, 0.25) is 0 Å². The van der Waals surface area contributed by atoms with Crippen LogP contribution >= 0.6 is 0 Å². The van der Waals surface area contributed by atoms with E-state index in [4.69, 9.17) is 52.1 Å². The molecule has 13 nitrogen and oxygen atoms in total. The van der Waals surface area contributed by atoms with Crippen molar-refractivity contribution < 1.29 is 70.1 Å². The number of esters is 1. The summed E-state index contributed by atoms with van der Waals surface area (Å²) in [5.74, 6) is -0.629. The number of halogens is 3. The van der Waals surface area contributed by atoms with Crippen LogP contribution in [0.25, 0.3) is 0 Å². The average Bonchev–Trinajstić information content (AvgIpc) is 3.14. The van der Waals surface area contributed by atoms with E-state index in [1.165, 1.54) is 24.5 Å². The first-order valence-corrected chi connectivity index (χ1v) is 17.0. The molecule has 0 unspecified atom stereocenters. The van der Waals surface area contributed by atoms with Gasteiger partial charge >= 0.3 is 12.1 Å². The van der Waals surface area contributed by atoms with Gasteiger partial charge in [-0.1, -0.05) is 24.8 Å². The second-order valence-corrected chi connectivity index (χ2v) is 10.4. The highest BCUT2D eigenvalue weighted by atomic mass is 19.4. The van der Waals surface area contributed by atoms with Crippen LogP contribution in [0.1, 0.15) is 15.9 Å². The van der Waals surface area contributed by atoms with E-state index in [0.717, 1.165) is 12.1 Å². The standard InChI is InChI=1S/C36H52F3NO12/c1-2-42-10-11-43-12-13-44-14-15-45-16-17-46-18-19-47-20-21-48-22-23-49-24-25-50-26-27-51-28-29-52-35(41)33-8-3-4-9-34(33)40-32-7-5-6-31(30-32)36(37,38)39/h2-9,30,40H,1,10-29H2. The third-order valence-corrected chi connectivity index (χ3v) is 6.52. The quantitative estimate of drug-likeness (QED) is 0.0592. The summed E-state index contributed by atoms with van der Waals surface area (Å²) in [6.07, 6.45) is -3.10. The molecule has 0 heterocycles. The molecule has 0 radical (unpaired) electrons. The zero-order chi connectivity index (χ0) is 37.4. The third-order valence-electron chi connectivity index (χ3n) is 6.52. The number of alkyl halides is 3. The summed E-state index contributed by atoms with van der Waals surface area (Å²) in [6.45, 7) is 11.7. The van der Waals surface area contributed by atoms with E-state index in [1.807, 2.05) is 0 Å². The number of hydrogen-bond acceptors (Lipinski definition) is 13. The van der Waals surface area contributed by atoms with Crippen LogP contribution < -0.4 is 5.32 Å². The maximum atomic E-state index is 13.0. The SMILES string of the molecule is C=COCCOCCOCCOCCOCCOCCOCCOCCOCCOCCOC(=O)c1ccccc1Nc1cccc(C(F)(F)F)c1. The van der Waals surface area contributed by atoms with Crippen LogP contribution in [0.15, 0.2) is 61.4 Å². The number of nitrogens with one attached hydrogen (secondary N) is 1. The Hall–Kier alpha value is -3.32. The summed E-state index contributed by atoms with van der Waals surface area (Å²) in [6, 6.07) is 11.1. The fourth-order valence-electron chi connectivity index (χ4n) is 4.02. The molecule has 0 amide bonds. The molecular weight excluding hydrogens is 695 g/mol. The maximum Gasteiger partial charge on any atom is 0.416 e. The van der Waals surface area contributed by atoms with Crippen molar-refractivity contribution in [2.45, 2.75) is 6.18 Å². The lowest BCUT2D eigenvalue weighted by Crippen LogP contribution is -2.16. The van der Waals surface area contributed by atoms with Gasteiger partial charge < -0.3 is 57.4 Å². The highest BCUT2D eigenvalue weighted by Crippen LogP contribution is 2.32. The van der Waals surface area contributed by atoms with E-state index in [2.05, 4.69) is 11.9 Å². The first-order chi connectivity index (χ1) is 25.4. The zero-order valence-corrected chi connectivity index (χ0v) is 29.6. The van der Waals surface area contributed by atoms with Gasteiger partial charge in [-0.05, 0) is 30.3 Å². The van der Waals surface area contributed by atoms with Crippen molar-refractivity contribution in [1.82, 2.24) is 0 Å². The molecular formula is C36H52F3NO12. The molecule has 0 fully saturated rings.